The number of halogens is 1. The number of hydrogen-bond acceptors (Lipinski definition) is 2. The minimum absolute atomic E-state index is 0. The number of nitrogens with one attached hydrogen (secondary N) is 2. The van der Waals surface area contributed by atoms with Gasteiger partial charge in [-0.15, -0.1) is 12.4 Å². The topological polar surface area (TPSA) is 41.1 Å². The zero-order valence-electron chi connectivity index (χ0n) is 10.7. The molecule has 0 aromatic heterocycles. The monoisotopic (exact) mass is 256 g/mol. The van der Waals surface area contributed by atoms with Crippen LogP contribution in [0.3, 0.4) is 0 Å². The van der Waals surface area contributed by atoms with Crippen molar-refractivity contribution in [3.63, 3.8) is 0 Å². The van der Waals surface area contributed by atoms with Crippen LogP contribution in [0.2, 0.25) is 0 Å². The molecule has 96 valence electrons. The maximum absolute atomic E-state index is 11.7. The first kappa shape index (κ1) is 15.9. The quantitative estimate of drug-likeness (QED) is 0.792. The van der Waals surface area contributed by atoms with Crippen LogP contribution < -0.4 is 10.6 Å². The predicted octanol–water partition coefficient (Wildman–Crippen LogP) is 2.06. The zero-order chi connectivity index (χ0) is 12.0. The molecule has 1 rings (SSSR count). The molecule has 0 spiro atoms. The van der Waals surface area contributed by atoms with E-state index in [0.29, 0.717) is 6.54 Å². The molecule has 3 nitrogen and oxygen atoms in total. The summed E-state index contributed by atoms with van der Waals surface area (Å²) >= 11 is 0. The second-order valence-corrected chi connectivity index (χ2v) is 3.91. The molecule has 1 aromatic carbocycles. The summed E-state index contributed by atoms with van der Waals surface area (Å²) < 4.78 is 0. The fourth-order valence-corrected chi connectivity index (χ4v) is 1.43. The van der Waals surface area contributed by atoms with Crippen molar-refractivity contribution >= 4 is 18.3 Å². The summed E-state index contributed by atoms with van der Waals surface area (Å²) in [6, 6.07) is 5.78. The first-order chi connectivity index (χ1) is 7.65. The molecule has 2 N–H and O–H groups in total. The molecule has 0 atom stereocenters. The molecule has 0 saturated carbocycles. The zero-order valence-corrected chi connectivity index (χ0v) is 11.5. The van der Waals surface area contributed by atoms with Gasteiger partial charge in [0.05, 0.1) is 0 Å². The van der Waals surface area contributed by atoms with E-state index < -0.39 is 0 Å². The Morgan fingerprint density at radius 1 is 1.18 bits per heavy atom. The molecule has 0 radical (unpaired) electrons. The molecule has 1 aromatic rings. The molecule has 0 fully saturated rings. The Labute approximate surface area is 109 Å². The largest absolute Gasteiger partial charge is 0.351 e. The summed E-state index contributed by atoms with van der Waals surface area (Å²) in [5.74, 6) is 0.000929. The maximum Gasteiger partial charge on any atom is 0.251 e. The van der Waals surface area contributed by atoms with Gasteiger partial charge in [-0.3, -0.25) is 4.79 Å². The Kier molecular flexibility index (Phi) is 7.59. The van der Waals surface area contributed by atoms with Gasteiger partial charge in [0.1, 0.15) is 0 Å². The molecule has 17 heavy (non-hydrogen) atoms. The van der Waals surface area contributed by atoms with Crippen molar-refractivity contribution in [2.45, 2.75) is 20.8 Å². The highest BCUT2D eigenvalue weighted by Gasteiger charge is 2.05. The third-order valence-electron chi connectivity index (χ3n) is 2.61. The molecular formula is C13H21ClN2O. The van der Waals surface area contributed by atoms with E-state index in [2.05, 4.69) is 10.6 Å². The Morgan fingerprint density at radius 2 is 1.88 bits per heavy atom. The average Bonchev–Trinajstić information content (AvgIpc) is 2.28. The van der Waals surface area contributed by atoms with Gasteiger partial charge in [0.15, 0.2) is 0 Å². The summed E-state index contributed by atoms with van der Waals surface area (Å²) in [4.78, 5) is 11.7. The van der Waals surface area contributed by atoms with Crippen LogP contribution >= 0.6 is 12.4 Å². The van der Waals surface area contributed by atoms with Gasteiger partial charge >= 0.3 is 0 Å². The van der Waals surface area contributed by atoms with E-state index in [1.807, 2.05) is 39.0 Å². The molecule has 1 amide bonds. The lowest BCUT2D eigenvalue weighted by Crippen LogP contribution is -2.31. The molecular weight excluding hydrogens is 236 g/mol. The Morgan fingerprint density at radius 3 is 2.47 bits per heavy atom. The Hall–Kier alpha value is -1.06. The van der Waals surface area contributed by atoms with Crippen LogP contribution in [0.4, 0.5) is 0 Å². The smallest absolute Gasteiger partial charge is 0.251 e. The summed E-state index contributed by atoms with van der Waals surface area (Å²) in [5.41, 5.74) is 3.10. The molecule has 0 saturated heterocycles. The molecule has 0 bridgehead atoms. The first-order valence-corrected chi connectivity index (χ1v) is 5.71. The van der Waals surface area contributed by atoms with Crippen molar-refractivity contribution in [2.75, 3.05) is 19.6 Å². The van der Waals surface area contributed by atoms with E-state index in [0.717, 1.165) is 24.2 Å². The minimum atomic E-state index is 0. The number of carbonyl (C=O) groups excluding carboxylic acids is 1. The van der Waals surface area contributed by atoms with Crippen LogP contribution in [0, 0.1) is 13.8 Å². The standard InChI is InChI=1S/C13H20N2O.ClH/c1-4-14-7-8-15-13(16)12-6-5-10(2)11(3)9-12;/h5-6,9,14H,4,7-8H2,1-3H3,(H,15,16);1H. The number of rotatable bonds is 5. The maximum atomic E-state index is 11.7. The third kappa shape index (κ3) is 5.20. The number of likely N-dealkylation sites (N-methyl/N-ethyl adjacent to an activating group) is 1. The molecule has 0 aliphatic rings. The van der Waals surface area contributed by atoms with E-state index in [9.17, 15) is 4.79 Å². The van der Waals surface area contributed by atoms with Crippen molar-refractivity contribution in [1.29, 1.82) is 0 Å². The average molecular weight is 257 g/mol. The van der Waals surface area contributed by atoms with Gasteiger partial charge in [0.25, 0.3) is 5.91 Å². The van der Waals surface area contributed by atoms with E-state index in [1.165, 1.54) is 5.56 Å². The lowest BCUT2D eigenvalue weighted by atomic mass is 10.1. The van der Waals surface area contributed by atoms with Crippen LogP contribution in [0.1, 0.15) is 28.4 Å². The fourth-order valence-electron chi connectivity index (χ4n) is 1.43. The Bertz CT molecular complexity index is 366. The normalized spacial score (nSPS) is 9.59. The van der Waals surface area contributed by atoms with E-state index in [-0.39, 0.29) is 18.3 Å². The molecule has 4 heteroatoms. The van der Waals surface area contributed by atoms with E-state index in [1.54, 1.807) is 0 Å². The lowest BCUT2D eigenvalue weighted by Gasteiger charge is -2.07. The first-order valence-electron chi connectivity index (χ1n) is 5.71. The highest BCUT2D eigenvalue weighted by molar-refractivity contribution is 5.94. The fraction of sp³-hybridized carbons (Fsp3) is 0.462. The van der Waals surface area contributed by atoms with E-state index >= 15 is 0 Å². The molecule has 0 unspecified atom stereocenters. The highest BCUT2D eigenvalue weighted by atomic mass is 35.5. The van der Waals surface area contributed by atoms with Gasteiger partial charge < -0.3 is 10.6 Å². The summed E-state index contributed by atoms with van der Waals surface area (Å²) in [7, 11) is 0. The minimum Gasteiger partial charge on any atom is -0.351 e. The summed E-state index contributed by atoms with van der Waals surface area (Å²) in [6.07, 6.45) is 0. The van der Waals surface area contributed by atoms with Gasteiger partial charge in [-0.1, -0.05) is 13.0 Å². The van der Waals surface area contributed by atoms with Crippen LogP contribution in [0.25, 0.3) is 0 Å². The number of benzene rings is 1. The second kappa shape index (κ2) is 8.09. The van der Waals surface area contributed by atoms with Crippen LogP contribution in [-0.4, -0.2) is 25.5 Å². The van der Waals surface area contributed by atoms with Crippen molar-refractivity contribution in [3.8, 4) is 0 Å². The van der Waals surface area contributed by atoms with E-state index in [4.69, 9.17) is 0 Å². The highest BCUT2D eigenvalue weighted by Crippen LogP contribution is 2.09. The molecule has 0 heterocycles. The van der Waals surface area contributed by atoms with Crippen molar-refractivity contribution < 1.29 is 4.79 Å². The SMILES string of the molecule is CCNCCNC(=O)c1ccc(C)c(C)c1.Cl. The van der Waals surface area contributed by atoms with Gasteiger partial charge in [0.2, 0.25) is 0 Å². The number of amides is 1. The molecule has 0 aliphatic heterocycles. The Balaban J connectivity index is 0.00000256. The van der Waals surface area contributed by atoms with Crippen molar-refractivity contribution in [1.82, 2.24) is 10.6 Å². The van der Waals surface area contributed by atoms with Crippen LogP contribution in [0.5, 0.6) is 0 Å². The number of hydrogen-bond donors (Lipinski definition) is 2. The van der Waals surface area contributed by atoms with Crippen molar-refractivity contribution in [3.05, 3.63) is 34.9 Å². The van der Waals surface area contributed by atoms with Crippen molar-refractivity contribution in [2.24, 2.45) is 0 Å². The van der Waals surface area contributed by atoms with Gasteiger partial charge in [0, 0.05) is 18.7 Å². The van der Waals surface area contributed by atoms with Crippen LogP contribution in [0.15, 0.2) is 18.2 Å². The van der Waals surface area contributed by atoms with Crippen LogP contribution in [-0.2, 0) is 0 Å². The summed E-state index contributed by atoms with van der Waals surface area (Å²) in [5, 5.41) is 6.04. The predicted molar refractivity (Wildman–Crippen MR) is 74.0 cm³/mol. The van der Waals surface area contributed by atoms with Gasteiger partial charge in [-0.05, 0) is 43.7 Å². The van der Waals surface area contributed by atoms with Gasteiger partial charge in [-0.2, -0.15) is 0 Å². The number of carbonyl (C=O) groups is 1. The summed E-state index contributed by atoms with van der Waals surface area (Å²) in [6.45, 7) is 8.52. The molecule has 0 aliphatic carbocycles. The van der Waals surface area contributed by atoms with Gasteiger partial charge in [-0.25, -0.2) is 0 Å². The third-order valence-corrected chi connectivity index (χ3v) is 2.61. The number of aryl methyl sites for hydroxylation is 2. The lowest BCUT2D eigenvalue weighted by molar-refractivity contribution is 0.0954. The second-order valence-electron chi connectivity index (χ2n) is 3.91.